The number of nitrogens with zero attached hydrogens (tertiary/aromatic N) is 2. The second kappa shape index (κ2) is 8.04. The molecule has 1 N–H and O–H groups in total. The molecule has 3 aromatic rings. The van der Waals surface area contributed by atoms with Gasteiger partial charge < -0.3 is 9.88 Å². The predicted octanol–water partition coefficient (Wildman–Crippen LogP) is 5.18. The van der Waals surface area contributed by atoms with E-state index in [0.717, 1.165) is 22.0 Å². The Labute approximate surface area is 156 Å². The van der Waals surface area contributed by atoms with Crippen LogP contribution < -0.4 is 5.32 Å². The Morgan fingerprint density at radius 3 is 2.46 bits per heavy atom. The van der Waals surface area contributed by atoms with Gasteiger partial charge in [0.15, 0.2) is 0 Å². The minimum atomic E-state index is 0.635. The predicted molar refractivity (Wildman–Crippen MR) is 99.8 cm³/mol. The van der Waals surface area contributed by atoms with Crippen LogP contribution in [-0.2, 0) is 19.6 Å². The molecule has 6 heteroatoms. The van der Waals surface area contributed by atoms with Crippen LogP contribution in [0.5, 0.6) is 0 Å². The van der Waals surface area contributed by atoms with Crippen molar-refractivity contribution < 1.29 is 0 Å². The number of halogens is 3. The molecule has 1 heterocycles. The Hall–Kier alpha value is -1.52. The summed E-state index contributed by atoms with van der Waals surface area (Å²) in [5, 5.41) is 5.41. The van der Waals surface area contributed by atoms with Crippen LogP contribution in [0.2, 0.25) is 15.1 Å². The van der Waals surface area contributed by atoms with E-state index in [1.165, 1.54) is 0 Å². The third-order valence-electron chi connectivity index (χ3n) is 3.63. The van der Waals surface area contributed by atoms with Gasteiger partial charge in [-0.2, -0.15) is 0 Å². The first-order valence-corrected chi connectivity index (χ1v) is 8.64. The van der Waals surface area contributed by atoms with Crippen LogP contribution in [0, 0.1) is 0 Å². The molecule has 1 aromatic heterocycles. The molecule has 0 aliphatic rings. The molecular formula is C18H16Cl3N3. The molecule has 0 aliphatic carbocycles. The lowest BCUT2D eigenvalue weighted by Gasteiger charge is -2.10. The standard InChI is InChI=1S/C18H16Cl3N3/c19-15-7-13(8-16(20)9-15)12-24-6-5-23-18(24)11-22-10-14-3-1-2-4-17(14)21/h1-9,22H,10-12H2. The molecule has 124 valence electrons. The maximum Gasteiger partial charge on any atom is 0.122 e. The van der Waals surface area contributed by atoms with E-state index >= 15 is 0 Å². The van der Waals surface area contributed by atoms with E-state index in [1.807, 2.05) is 42.6 Å². The normalized spacial score (nSPS) is 11.0. The highest BCUT2D eigenvalue weighted by molar-refractivity contribution is 6.34. The Morgan fingerprint density at radius 1 is 0.958 bits per heavy atom. The van der Waals surface area contributed by atoms with Crippen molar-refractivity contribution in [1.29, 1.82) is 0 Å². The average Bonchev–Trinajstić information content (AvgIpc) is 2.95. The second-order valence-electron chi connectivity index (χ2n) is 5.44. The number of aromatic nitrogens is 2. The van der Waals surface area contributed by atoms with Gasteiger partial charge in [-0.3, -0.25) is 0 Å². The molecule has 0 aliphatic heterocycles. The van der Waals surface area contributed by atoms with Crippen LogP contribution in [0.15, 0.2) is 54.9 Å². The number of imidazole rings is 1. The zero-order valence-corrected chi connectivity index (χ0v) is 15.1. The fourth-order valence-electron chi connectivity index (χ4n) is 2.50. The number of hydrogen-bond acceptors (Lipinski definition) is 2. The van der Waals surface area contributed by atoms with Gasteiger partial charge in [0.25, 0.3) is 0 Å². The van der Waals surface area contributed by atoms with E-state index in [2.05, 4.69) is 14.9 Å². The van der Waals surface area contributed by atoms with Crippen molar-refractivity contribution in [2.24, 2.45) is 0 Å². The summed E-state index contributed by atoms with van der Waals surface area (Å²) in [6.45, 7) is 2.01. The summed E-state index contributed by atoms with van der Waals surface area (Å²) < 4.78 is 2.07. The topological polar surface area (TPSA) is 29.9 Å². The lowest BCUT2D eigenvalue weighted by atomic mass is 10.2. The summed E-state index contributed by atoms with van der Waals surface area (Å²) in [4.78, 5) is 4.41. The summed E-state index contributed by atoms with van der Waals surface area (Å²) >= 11 is 18.3. The van der Waals surface area contributed by atoms with E-state index in [-0.39, 0.29) is 0 Å². The van der Waals surface area contributed by atoms with Crippen molar-refractivity contribution in [2.75, 3.05) is 0 Å². The van der Waals surface area contributed by atoms with Crippen molar-refractivity contribution in [2.45, 2.75) is 19.6 Å². The highest BCUT2D eigenvalue weighted by Crippen LogP contribution is 2.20. The molecule has 0 fully saturated rings. The van der Waals surface area contributed by atoms with Crippen LogP contribution in [0.4, 0.5) is 0 Å². The van der Waals surface area contributed by atoms with Crippen LogP contribution in [0.25, 0.3) is 0 Å². The fourth-order valence-corrected chi connectivity index (χ4v) is 3.27. The third kappa shape index (κ3) is 4.52. The Kier molecular flexibility index (Phi) is 5.80. The number of hydrogen-bond donors (Lipinski definition) is 1. The maximum atomic E-state index is 6.17. The second-order valence-corrected chi connectivity index (χ2v) is 6.72. The molecular weight excluding hydrogens is 365 g/mol. The van der Waals surface area contributed by atoms with Crippen molar-refractivity contribution in [3.8, 4) is 0 Å². The van der Waals surface area contributed by atoms with Crippen LogP contribution in [0.3, 0.4) is 0 Å². The molecule has 0 bridgehead atoms. The Morgan fingerprint density at radius 2 is 1.71 bits per heavy atom. The zero-order chi connectivity index (χ0) is 16.9. The lowest BCUT2D eigenvalue weighted by molar-refractivity contribution is 0.622. The van der Waals surface area contributed by atoms with E-state index in [4.69, 9.17) is 34.8 Å². The molecule has 0 amide bonds. The van der Waals surface area contributed by atoms with Gasteiger partial charge in [-0.25, -0.2) is 4.98 Å². The van der Waals surface area contributed by atoms with Gasteiger partial charge in [0, 0.05) is 40.6 Å². The first-order chi connectivity index (χ1) is 11.6. The monoisotopic (exact) mass is 379 g/mol. The van der Waals surface area contributed by atoms with E-state index in [9.17, 15) is 0 Å². The summed E-state index contributed by atoms with van der Waals surface area (Å²) in [5.41, 5.74) is 2.11. The highest BCUT2D eigenvalue weighted by Gasteiger charge is 2.06. The first-order valence-electron chi connectivity index (χ1n) is 7.51. The maximum absolute atomic E-state index is 6.17. The molecule has 0 saturated carbocycles. The number of rotatable bonds is 6. The van der Waals surface area contributed by atoms with Gasteiger partial charge in [-0.05, 0) is 35.4 Å². The largest absolute Gasteiger partial charge is 0.329 e. The molecule has 0 spiro atoms. The summed E-state index contributed by atoms with van der Waals surface area (Å²) in [7, 11) is 0. The molecule has 24 heavy (non-hydrogen) atoms. The quantitative estimate of drug-likeness (QED) is 0.638. The van der Waals surface area contributed by atoms with Gasteiger partial charge >= 0.3 is 0 Å². The van der Waals surface area contributed by atoms with Gasteiger partial charge in [-0.1, -0.05) is 53.0 Å². The van der Waals surface area contributed by atoms with Crippen molar-refractivity contribution >= 4 is 34.8 Å². The molecule has 2 aromatic carbocycles. The molecule has 0 saturated heterocycles. The Balaban J connectivity index is 1.64. The lowest BCUT2D eigenvalue weighted by Crippen LogP contribution is -2.17. The number of nitrogens with one attached hydrogen (secondary N) is 1. The highest BCUT2D eigenvalue weighted by atomic mass is 35.5. The molecule has 3 rings (SSSR count). The molecule has 0 unspecified atom stereocenters. The van der Waals surface area contributed by atoms with Gasteiger partial charge in [0.2, 0.25) is 0 Å². The van der Waals surface area contributed by atoms with Gasteiger partial charge in [0.1, 0.15) is 5.82 Å². The van der Waals surface area contributed by atoms with Crippen LogP contribution >= 0.6 is 34.8 Å². The smallest absolute Gasteiger partial charge is 0.122 e. The van der Waals surface area contributed by atoms with Crippen molar-refractivity contribution in [1.82, 2.24) is 14.9 Å². The number of benzene rings is 2. The fraction of sp³-hybridized carbons (Fsp3) is 0.167. The third-order valence-corrected chi connectivity index (χ3v) is 4.44. The summed E-state index contributed by atoms with van der Waals surface area (Å²) in [6.07, 6.45) is 3.74. The van der Waals surface area contributed by atoms with Crippen LogP contribution in [-0.4, -0.2) is 9.55 Å². The summed E-state index contributed by atoms with van der Waals surface area (Å²) in [5.74, 6) is 0.943. The zero-order valence-electron chi connectivity index (χ0n) is 12.8. The van der Waals surface area contributed by atoms with Gasteiger partial charge in [0.05, 0.1) is 6.54 Å². The van der Waals surface area contributed by atoms with E-state index < -0.39 is 0 Å². The average molecular weight is 381 g/mol. The van der Waals surface area contributed by atoms with Gasteiger partial charge in [-0.15, -0.1) is 0 Å². The minimum absolute atomic E-state index is 0.635. The van der Waals surface area contributed by atoms with Crippen molar-refractivity contribution in [3.63, 3.8) is 0 Å². The minimum Gasteiger partial charge on any atom is -0.329 e. The SMILES string of the molecule is Clc1cc(Cl)cc(Cn2ccnc2CNCc2ccccc2Cl)c1. The molecule has 0 radical (unpaired) electrons. The van der Waals surface area contributed by atoms with Crippen LogP contribution in [0.1, 0.15) is 17.0 Å². The van der Waals surface area contributed by atoms with E-state index in [1.54, 1.807) is 12.3 Å². The summed E-state index contributed by atoms with van der Waals surface area (Å²) in [6, 6.07) is 13.4. The Bertz CT molecular complexity index is 810. The van der Waals surface area contributed by atoms with E-state index in [0.29, 0.717) is 29.7 Å². The molecule has 0 atom stereocenters. The van der Waals surface area contributed by atoms with Crippen molar-refractivity contribution in [3.05, 3.63) is 86.9 Å². The molecule has 3 nitrogen and oxygen atoms in total. The first kappa shape index (κ1) is 17.3.